The smallest absolute Gasteiger partial charge is 0.475 e. The first-order chi connectivity index (χ1) is 16.5. The lowest BCUT2D eigenvalue weighted by molar-refractivity contribution is -0.192. The number of hydrogen-bond acceptors (Lipinski definition) is 7. The maximum Gasteiger partial charge on any atom is 0.490 e. The Kier molecular flexibility index (Phi) is 8.21. The number of piperidine rings is 1. The Balaban J connectivity index is 0.000000429. The van der Waals surface area contributed by atoms with Crippen molar-refractivity contribution in [3.8, 4) is 0 Å². The zero-order chi connectivity index (χ0) is 25.8. The summed E-state index contributed by atoms with van der Waals surface area (Å²) >= 11 is 0. The molecule has 2 aromatic heterocycles. The standard InChI is InChI=1S/C20H29N5O3.C2HF3O2/c1-15-17(16(2)28-22-15)13-24-10-7-20(24)6-4-9-23(14-20)19(26)18-5-8-21-25(18)11-12-27-3;3-2(4,5)1(6)7/h5,8H,4,6-7,9-14H2,1-3H3;(H,6,7). The molecule has 4 heterocycles. The van der Waals surface area contributed by atoms with Crippen molar-refractivity contribution in [3.05, 3.63) is 35.0 Å². The van der Waals surface area contributed by atoms with Gasteiger partial charge in [0.2, 0.25) is 0 Å². The van der Waals surface area contributed by atoms with Crippen LogP contribution in [-0.2, 0) is 22.6 Å². The van der Waals surface area contributed by atoms with Crippen LogP contribution < -0.4 is 0 Å². The molecule has 0 aliphatic carbocycles. The highest BCUT2D eigenvalue weighted by molar-refractivity contribution is 5.92. The SMILES string of the molecule is COCCn1nccc1C(=O)N1CCCC2(CCN2Cc2c(C)noc2C)C1.O=C(O)C(F)(F)F. The number of aliphatic carboxylic acids is 1. The van der Waals surface area contributed by atoms with Crippen LogP contribution in [-0.4, -0.2) is 86.8 Å². The Morgan fingerprint density at radius 2 is 1.97 bits per heavy atom. The summed E-state index contributed by atoms with van der Waals surface area (Å²) in [6.45, 7) is 8.56. The minimum absolute atomic E-state index is 0.0665. The van der Waals surface area contributed by atoms with E-state index in [0.717, 1.165) is 56.9 Å². The third kappa shape index (κ3) is 6.01. The Hall–Kier alpha value is -2.93. The number of carboxylic acid groups (broad SMARTS) is 1. The molecule has 2 fully saturated rings. The summed E-state index contributed by atoms with van der Waals surface area (Å²) < 4.78 is 43.9. The first kappa shape index (κ1) is 26.7. The number of nitrogens with zero attached hydrogens (tertiary/aromatic N) is 5. The van der Waals surface area contributed by atoms with Crippen molar-refractivity contribution in [2.45, 2.75) is 57.9 Å². The number of likely N-dealkylation sites (tertiary alicyclic amines) is 2. The van der Waals surface area contributed by atoms with E-state index in [1.54, 1.807) is 18.0 Å². The molecule has 2 aliphatic heterocycles. The lowest BCUT2D eigenvalue weighted by Gasteiger charge is -2.57. The molecular weight excluding hydrogens is 471 g/mol. The van der Waals surface area contributed by atoms with Crippen molar-refractivity contribution >= 4 is 11.9 Å². The van der Waals surface area contributed by atoms with Crippen LogP contribution in [0.4, 0.5) is 13.2 Å². The van der Waals surface area contributed by atoms with E-state index in [9.17, 15) is 18.0 Å². The number of halogens is 3. The zero-order valence-electron chi connectivity index (χ0n) is 20.0. The molecule has 2 aliphatic rings. The first-order valence-electron chi connectivity index (χ1n) is 11.3. The largest absolute Gasteiger partial charge is 0.490 e. The fourth-order valence-electron chi connectivity index (χ4n) is 4.53. The van der Waals surface area contributed by atoms with Gasteiger partial charge in [0.05, 0.1) is 18.8 Å². The van der Waals surface area contributed by atoms with Crippen molar-refractivity contribution < 1.29 is 37.1 Å². The van der Waals surface area contributed by atoms with Gasteiger partial charge in [0.15, 0.2) is 0 Å². The van der Waals surface area contributed by atoms with Gasteiger partial charge in [-0.05, 0) is 39.2 Å². The minimum atomic E-state index is -5.08. The lowest BCUT2D eigenvalue weighted by Crippen LogP contribution is -2.67. The number of hydrogen-bond donors (Lipinski definition) is 1. The van der Waals surface area contributed by atoms with Crippen molar-refractivity contribution in [2.75, 3.05) is 33.4 Å². The molecule has 0 radical (unpaired) electrons. The van der Waals surface area contributed by atoms with Crippen LogP contribution in [0.15, 0.2) is 16.8 Å². The number of aryl methyl sites for hydroxylation is 2. The van der Waals surface area contributed by atoms with Gasteiger partial charge in [-0.1, -0.05) is 5.16 Å². The second kappa shape index (κ2) is 10.8. The summed E-state index contributed by atoms with van der Waals surface area (Å²) in [5.41, 5.74) is 2.86. The number of carboxylic acids is 1. The van der Waals surface area contributed by atoms with E-state index >= 15 is 0 Å². The normalized spacial score (nSPS) is 20.3. The second-order valence-electron chi connectivity index (χ2n) is 8.76. The number of carbonyl (C=O) groups is 2. The van der Waals surface area contributed by atoms with Crippen LogP contribution in [0, 0.1) is 13.8 Å². The van der Waals surface area contributed by atoms with E-state index in [-0.39, 0.29) is 11.4 Å². The summed E-state index contributed by atoms with van der Waals surface area (Å²) in [6.07, 6.45) is -0.113. The average molecular weight is 502 g/mol. The van der Waals surface area contributed by atoms with Crippen LogP contribution >= 0.6 is 0 Å². The summed E-state index contributed by atoms with van der Waals surface area (Å²) in [7, 11) is 1.66. The summed E-state index contributed by atoms with van der Waals surface area (Å²) in [6, 6.07) is 1.81. The lowest BCUT2D eigenvalue weighted by atomic mass is 9.77. The highest BCUT2D eigenvalue weighted by Gasteiger charge is 2.48. The van der Waals surface area contributed by atoms with Crippen LogP contribution in [0.5, 0.6) is 0 Å². The van der Waals surface area contributed by atoms with Crippen molar-refractivity contribution in [1.29, 1.82) is 0 Å². The van der Waals surface area contributed by atoms with Crippen LogP contribution in [0.3, 0.4) is 0 Å². The molecule has 0 saturated carbocycles. The molecule has 0 aromatic carbocycles. The maximum absolute atomic E-state index is 13.2. The van der Waals surface area contributed by atoms with E-state index in [2.05, 4.69) is 15.2 Å². The monoisotopic (exact) mass is 501 g/mol. The number of aromatic nitrogens is 3. The number of amides is 1. The summed E-state index contributed by atoms with van der Waals surface area (Å²) in [4.78, 5) is 26.6. The molecule has 2 saturated heterocycles. The van der Waals surface area contributed by atoms with Crippen LogP contribution in [0.1, 0.15) is 46.8 Å². The molecule has 1 unspecified atom stereocenters. The average Bonchev–Trinajstić information content (AvgIpc) is 3.40. The Bertz CT molecular complexity index is 1020. The van der Waals surface area contributed by atoms with Gasteiger partial charge in [-0.3, -0.25) is 14.4 Å². The quantitative estimate of drug-likeness (QED) is 0.643. The Labute approximate surface area is 200 Å². The van der Waals surface area contributed by atoms with Gasteiger partial charge in [-0.15, -0.1) is 0 Å². The molecule has 0 bridgehead atoms. The summed E-state index contributed by atoms with van der Waals surface area (Å²) in [5, 5.41) is 15.5. The van der Waals surface area contributed by atoms with Gasteiger partial charge in [0.1, 0.15) is 11.5 Å². The highest BCUT2D eigenvalue weighted by atomic mass is 19.4. The third-order valence-corrected chi connectivity index (χ3v) is 6.58. The molecule has 35 heavy (non-hydrogen) atoms. The molecular formula is C22H30F3N5O5. The van der Waals surface area contributed by atoms with E-state index < -0.39 is 12.1 Å². The molecule has 4 rings (SSSR count). The maximum atomic E-state index is 13.2. The van der Waals surface area contributed by atoms with Gasteiger partial charge in [-0.25, -0.2) is 4.79 Å². The van der Waals surface area contributed by atoms with Gasteiger partial charge in [0, 0.05) is 50.6 Å². The van der Waals surface area contributed by atoms with Gasteiger partial charge < -0.3 is 19.3 Å². The molecule has 1 N–H and O–H groups in total. The predicted molar refractivity (Wildman–Crippen MR) is 117 cm³/mol. The zero-order valence-corrected chi connectivity index (χ0v) is 20.0. The molecule has 1 amide bonds. The van der Waals surface area contributed by atoms with Crippen LogP contribution in [0.25, 0.3) is 0 Å². The number of alkyl halides is 3. The van der Waals surface area contributed by atoms with Crippen LogP contribution in [0.2, 0.25) is 0 Å². The fourth-order valence-corrected chi connectivity index (χ4v) is 4.53. The summed E-state index contributed by atoms with van der Waals surface area (Å²) in [5.74, 6) is -1.80. The molecule has 194 valence electrons. The predicted octanol–water partition coefficient (Wildman–Crippen LogP) is 2.65. The first-order valence-corrected chi connectivity index (χ1v) is 11.3. The Morgan fingerprint density at radius 3 is 2.51 bits per heavy atom. The van der Waals surface area contributed by atoms with Gasteiger partial charge in [0.25, 0.3) is 5.91 Å². The minimum Gasteiger partial charge on any atom is -0.475 e. The molecule has 1 spiro atoms. The topological polar surface area (TPSA) is 114 Å². The van der Waals surface area contributed by atoms with E-state index in [1.165, 1.54) is 5.56 Å². The van der Waals surface area contributed by atoms with Crippen molar-refractivity contribution in [2.24, 2.45) is 0 Å². The molecule has 2 aromatic rings. The van der Waals surface area contributed by atoms with Gasteiger partial charge in [-0.2, -0.15) is 18.3 Å². The highest BCUT2D eigenvalue weighted by Crippen LogP contribution is 2.40. The fraction of sp³-hybridized carbons (Fsp3) is 0.636. The van der Waals surface area contributed by atoms with E-state index in [0.29, 0.717) is 18.8 Å². The Morgan fingerprint density at radius 1 is 1.26 bits per heavy atom. The van der Waals surface area contributed by atoms with Crippen molar-refractivity contribution in [3.63, 3.8) is 0 Å². The van der Waals surface area contributed by atoms with Crippen molar-refractivity contribution in [1.82, 2.24) is 24.7 Å². The number of rotatable bonds is 6. The van der Waals surface area contributed by atoms with E-state index in [1.807, 2.05) is 24.8 Å². The second-order valence-corrected chi connectivity index (χ2v) is 8.76. The van der Waals surface area contributed by atoms with Gasteiger partial charge >= 0.3 is 12.1 Å². The molecule has 10 nitrogen and oxygen atoms in total. The third-order valence-electron chi connectivity index (χ3n) is 6.58. The number of carbonyl (C=O) groups excluding carboxylic acids is 1. The molecule has 1 atom stereocenters. The van der Waals surface area contributed by atoms with E-state index in [4.69, 9.17) is 19.2 Å². The molecule has 13 heteroatoms. The number of ether oxygens (including phenoxy) is 1. The number of methoxy groups -OCH3 is 1.